The standard InChI is InChI=1S/C16H17NO2/c17-11-15(14-9-5-2-6-10-14)16(18)19-12-13-7-3-1-4-8-13/h1,3-5,7-9,14-15H,2,6,10,12H2. The van der Waals surface area contributed by atoms with Crippen LogP contribution in [0.1, 0.15) is 24.8 Å². The predicted molar refractivity (Wildman–Crippen MR) is 71.8 cm³/mol. The lowest BCUT2D eigenvalue weighted by atomic mass is 9.85. The molecule has 0 bridgehead atoms. The Kier molecular flexibility index (Phi) is 4.74. The van der Waals surface area contributed by atoms with Crippen LogP contribution in [0.4, 0.5) is 0 Å². The zero-order valence-corrected chi connectivity index (χ0v) is 10.8. The second-order valence-electron chi connectivity index (χ2n) is 4.72. The quantitative estimate of drug-likeness (QED) is 0.613. The van der Waals surface area contributed by atoms with Crippen molar-refractivity contribution < 1.29 is 9.53 Å². The Morgan fingerprint density at radius 1 is 1.42 bits per heavy atom. The molecule has 0 saturated carbocycles. The molecule has 0 amide bonds. The van der Waals surface area contributed by atoms with E-state index >= 15 is 0 Å². The molecule has 2 unspecified atom stereocenters. The van der Waals surface area contributed by atoms with Gasteiger partial charge < -0.3 is 4.74 Å². The third-order valence-electron chi connectivity index (χ3n) is 3.34. The maximum atomic E-state index is 12.0. The van der Waals surface area contributed by atoms with Crippen molar-refractivity contribution in [3.63, 3.8) is 0 Å². The maximum absolute atomic E-state index is 12.0. The Bertz CT molecular complexity index is 487. The highest BCUT2D eigenvalue weighted by atomic mass is 16.5. The molecule has 0 radical (unpaired) electrons. The molecule has 1 aliphatic rings. The van der Waals surface area contributed by atoms with Crippen LogP contribution in [-0.4, -0.2) is 5.97 Å². The number of nitriles is 1. The number of carbonyl (C=O) groups excluding carboxylic acids is 1. The first kappa shape index (κ1) is 13.4. The largest absolute Gasteiger partial charge is 0.460 e. The van der Waals surface area contributed by atoms with E-state index in [1.807, 2.05) is 42.5 Å². The van der Waals surface area contributed by atoms with Gasteiger partial charge in [-0.1, -0.05) is 42.5 Å². The Labute approximate surface area is 113 Å². The number of benzene rings is 1. The van der Waals surface area contributed by atoms with Gasteiger partial charge in [-0.05, 0) is 24.8 Å². The van der Waals surface area contributed by atoms with Crippen molar-refractivity contribution in [2.24, 2.45) is 11.8 Å². The summed E-state index contributed by atoms with van der Waals surface area (Å²) in [5, 5.41) is 9.16. The molecule has 98 valence electrons. The topological polar surface area (TPSA) is 50.1 Å². The number of rotatable bonds is 4. The van der Waals surface area contributed by atoms with Gasteiger partial charge in [-0.15, -0.1) is 0 Å². The number of carbonyl (C=O) groups is 1. The van der Waals surface area contributed by atoms with Gasteiger partial charge in [-0.2, -0.15) is 5.26 Å². The third kappa shape index (κ3) is 3.69. The number of esters is 1. The van der Waals surface area contributed by atoms with Crippen LogP contribution >= 0.6 is 0 Å². The molecule has 2 atom stereocenters. The summed E-state index contributed by atoms with van der Waals surface area (Å²) in [4.78, 5) is 12.0. The Morgan fingerprint density at radius 3 is 2.84 bits per heavy atom. The van der Waals surface area contributed by atoms with Gasteiger partial charge in [0.05, 0.1) is 6.07 Å². The smallest absolute Gasteiger partial charge is 0.324 e. The minimum atomic E-state index is -0.680. The molecule has 1 aliphatic carbocycles. The molecule has 3 heteroatoms. The molecule has 1 aromatic carbocycles. The minimum Gasteiger partial charge on any atom is -0.460 e. The zero-order chi connectivity index (χ0) is 13.5. The summed E-state index contributed by atoms with van der Waals surface area (Å²) in [5.74, 6) is -1.09. The van der Waals surface area contributed by atoms with Gasteiger partial charge in [0, 0.05) is 5.92 Å². The van der Waals surface area contributed by atoms with Gasteiger partial charge in [0.1, 0.15) is 12.5 Å². The lowest BCUT2D eigenvalue weighted by Gasteiger charge is -2.20. The maximum Gasteiger partial charge on any atom is 0.324 e. The molecule has 0 aliphatic heterocycles. The van der Waals surface area contributed by atoms with Crippen molar-refractivity contribution >= 4 is 5.97 Å². The highest BCUT2D eigenvalue weighted by molar-refractivity contribution is 5.76. The van der Waals surface area contributed by atoms with Crippen LogP contribution in [0.5, 0.6) is 0 Å². The third-order valence-corrected chi connectivity index (χ3v) is 3.34. The minimum absolute atomic E-state index is 0.00187. The highest BCUT2D eigenvalue weighted by Gasteiger charge is 2.28. The van der Waals surface area contributed by atoms with Crippen LogP contribution in [-0.2, 0) is 16.1 Å². The fraction of sp³-hybridized carbons (Fsp3) is 0.375. The van der Waals surface area contributed by atoms with E-state index < -0.39 is 11.9 Å². The van der Waals surface area contributed by atoms with Gasteiger partial charge >= 0.3 is 5.97 Å². The van der Waals surface area contributed by atoms with E-state index in [1.54, 1.807) is 0 Å². The molecule has 0 fully saturated rings. The van der Waals surface area contributed by atoms with Gasteiger partial charge in [0.15, 0.2) is 0 Å². The fourth-order valence-electron chi connectivity index (χ4n) is 2.26. The molecule has 2 rings (SSSR count). The summed E-state index contributed by atoms with van der Waals surface area (Å²) in [7, 11) is 0. The van der Waals surface area contributed by atoms with Gasteiger partial charge in [-0.3, -0.25) is 4.79 Å². The van der Waals surface area contributed by atoms with Crippen molar-refractivity contribution in [3.8, 4) is 6.07 Å². The second-order valence-corrected chi connectivity index (χ2v) is 4.72. The first-order chi connectivity index (χ1) is 9.31. The average Bonchev–Trinajstić information content (AvgIpc) is 2.48. The fourth-order valence-corrected chi connectivity index (χ4v) is 2.26. The van der Waals surface area contributed by atoms with Crippen molar-refractivity contribution in [2.75, 3.05) is 0 Å². The normalized spacial score (nSPS) is 19.4. The van der Waals surface area contributed by atoms with Crippen molar-refractivity contribution in [1.29, 1.82) is 5.26 Å². The van der Waals surface area contributed by atoms with Crippen molar-refractivity contribution in [3.05, 3.63) is 48.0 Å². The number of nitrogens with zero attached hydrogens (tertiary/aromatic N) is 1. The monoisotopic (exact) mass is 255 g/mol. The SMILES string of the molecule is N#CC(C(=O)OCc1ccccc1)C1C=CCCC1. The molecule has 19 heavy (non-hydrogen) atoms. The Hall–Kier alpha value is -2.08. The molecule has 0 aromatic heterocycles. The number of ether oxygens (including phenoxy) is 1. The first-order valence-electron chi connectivity index (χ1n) is 6.58. The van der Waals surface area contributed by atoms with Gasteiger partial charge in [-0.25, -0.2) is 0 Å². The van der Waals surface area contributed by atoms with Crippen LogP contribution in [0.3, 0.4) is 0 Å². The van der Waals surface area contributed by atoms with Crippen LogP contribution in [0.2, 0.25) is 0 Å². The van der Waals surface area contributed by atoms with E-state index in [-0.39, 0.29) is 12.5 Å². The van der Waals surface area contributed by atoms with E-state index in [0.717, 1.165) is 24.8 Å². The predicted octanol–water partition coefficient (Wildman–Crippen LogP) is 3.23. The molecular formula is C16H17NO2. The van der Waals surface area contributed by atoms with Crippen LogP contribution in [0, 0.1) is 23.2 Å². The van der Waals surface area contributed by atoms with Crippen LogP contribution in [0.15, 0.2) is 42.5 Å². The molecule has 0 saturated heterocycles. The van der Waals surface area contributed by atoms with Crippen LogP contribution < -0.4 is 0 Å². The molecule has 3 nitrogen and oxygen atoms in total. The zero-order valence-electron chi connectivity index (χ0n) is 10.8. The summed E-state index contributed by atoms with van der Waals surface area (Å²) in [6, 6.07) is 11.6. The summed E-state index contributed by atoms with van der Waals surface area (Å²) in [5.41, 5.74) is 0.937. The van der Waals surface area contributed by atoms with Gasteiger partial charge in [0.25, 0.3) is 0 Å². The average molecular weight is 255 g/mol. The molecule has 0 N–H and O–H groups in total. The van der Waals surface area contributed by atoms with E-state index in [9.17, 15) is 4.79 Å². The Balaban J connectivity index is 1.92. The lowest BCUT2D eigenvalue weighted by molar-refractivity contribution is -0.149. The van der Waals surface area contributed by atoms with Crippen molar-refractivity contribution in [2.45, 2.75) is 25.9 Å². The summed E-state index contributed by atoms with van der Waals surface area (Å²) in [6.07, 6.45) is 6.97. The number of allylic oxidation sites excluding steroid dienone is 2. The van der Waals surface area contributed by atoms with Crippen LogP contribution in [0.25, 0.3) is 0 Å². The molecular weight excluding hydrogens is 238 g/mol. The second kappa shape index (κ2) is 6.75. The molecule has 0 spiro atoms. The van der Waals surface area contributed by atoms with E-state index in [4.69, 9.17) is 10.00 Å². The van der Waals surface area contributed by atoms with E-state index in [0.29, 0.717) is 0 Å². The Morgan fingerprint density at radius 2 is 2.21 bits per heavy atom. The molecule has 1 aromatic rings. The van der Waals surface area contributed by atoms with E-state index in [2.05, 4.69) is 6.07 Å². The van der Waals surface area contributed by atoms with E-state index in [1.165, 1.54) is 0 Å². The highest BCUT2D eigenvalue weighted by Crippen LogP contribution is 2.25. The summed E-state index contributed by atoms with van der Waals surface area (Å²) >= 11 is 0. The van der Waals surface area contributed by atoms with Gasteiger partial charge in [0.2, 0.25) is 0 Å². The number of hydrogen-bond donors (Lipinski definition) is 0. The van der Waals surface area contributed by atoms with Crippen molar-refractivity contribution in [1.82, 2.24) is 0 Å². The first-order valence-corrected chi connectivity index (χ1v) is 6.58. The molecule has 0 heterocycles. The number of hydrogen-bond acceptors (Lipinski definition) is 3. The summed E-state index contributed by atoms with van der Waals surface area (Å²) in [6.45, 7) is 0.230. The lowest BCUT2D eigenvalue weighted by Crippen LogP contribution is -2.24. The summed E-state index contributed by atoms with van der Waals surface area (Å²) < 4.78 is 5.24.